The number of amides is 1. The minimum atomic E-state index is -0.436. The van der Waals surface area contributed by atoms with E-state index >= 15 is 0 Å². The molecule has 0 spiro atoms. The molecular formula is C16H28N4O2. The first-order chi connectivity index (χ1) is 10.3. The third kappa shape index (κ3) is 5.02. The van der Waals surface area contributed by atoms with E-state index in [2.05, 4.69) is 15.5 Å². The van der Waals surface area contributed by atoms with Crippen LogP contribution >= 0.6 is 0 Å². The highest BCUT2D eigenvalue weighted by Gasteiger charge is 2.29. The Balaban J connectivity index is 1.73. The molecule has 0 aliphatic heterocycles. The molecule has 0 atom stereocenters. The van der Waals surface area contributed by atoms with E-state index in [1.54, 1.807) is 11.1 Å². The van der Waals surface area contributed by atoms with Crippen LogP contribution < -0.4 is 5.32 Å². The molecule has 0 unspecified atom stereocenters. The molecule has 0 saturated heterocycles. The number of nitrogens with one attached hydrogen (secondary N) is 2. The minimum absolute atomic E-state index is 0.221. The van der Waals surface area contributed by atoms with Gasteiger partial charge in [-0.15, -0.1) is 0 Å². The van der Waals surface area contributed by atoms with Crippen molar-refractivity contribution in [2.75, 3.05) is 7.05 Å². The lowest BCUT2D eigenvalue weighted by atomic mass is 9.90. The van der Waals surface area contributed by atoms with Crippen molar-refractivity contribution in [2.45, 2.75) is 70.7 Å². The van der Waals surface area contributed by atoms with Gasteiger partial charge in [0, 0.05) is 37.6 Å². The number of H-pyrrole nitrogens is 1. The zero-order chi connectivity index (χ0) is 16.2. The van der Waals surface area contributed by atoms with Gasteiger partial charge in [-0.1, -0.05) is 0 Å². The molecule has 1 aliphatic rings. The van der Waals surface area contributed by atoms with Crippen molar-refractivity contribution in [3.63, 3.8) is 0 Å². The van der Waals surface area contributed by atoms with E-state index in [-0.39, 0.29) is 12.1 Å². The number of ether oxygens (including phenoxy) is 1. The number of carbonyl (C=O) groups is 1. The summed E-state index contributed by atoms with van der Waals surface area (Å²) in [5.74, 6) is 0. The number of aromatic amines is 1. The Hall–Kier alpha value is -1.56. The fourth-order valence-electron chi connectivity index (χ4n) is 2.79. The molecule has 2 N–H and O–H groups in total. The topological polar surface area (TPSA) is 70.2 Å². The monoisotopic (exact) mass is 308 g/mol. The van der Waals surface area contributed by atoms with Gasteiger partial charge in [-0.05, 0) is 52.5 Å². The lowest BCUT2D eigenvalue weighted by Gasteiger charge is -2.35. The van der Waals surface area contributed by atoms with Crippen LogP contribution in [0.25, 0.3) is 0 Å². The van der Waals surface area contributed by atoms with Gasteiger partial charge >= 0.3 is 6.09 Å². The molecule has 1 aromatic rings. The molecule has 1 amide bonds. The van der Waals surface area contributed by atoms with Crippen molar-refractivity contribution >= 4 is 6.09 Å². The predicted octanol–water partition coefficient (Wildman–Crippen LogP) is 2.68. The molecule has 0 aromatic carbocycles. The van der Waals surface area contributed by atoms with Gasteiger partial charge in [0.25, 0.3) is 0 Å². The third-order valence-electron chi connectivity index (χ3n) is 4.07. The highest BCUT2D eigenvalue weighted by atomic mass is 16.6. The lowest BCUT2D eigenvalue weighted by Crippen LogP contribution is -2.44. The standard InChI is InChI=1S/C16H28N4O2/c1-16(2,3)22-15(21)20(4)14-7-5-12(6-8-14)17-11-13-9-10-18-19-13/h9-10,12,14,17H,5-8,11H2,1-4H3,(H,18,19). The summed E-state index contributed by atoms with van der Waals surface area (Å²) in [6.45, 7) is 6.51. The Morgan fingerprint density at radius 2 is 2.09 bits per heavy atom. The van der Waals surface area contributed by atoms with Gasteiger partial charge in [0.15, 0.2) is 0 Å². The summed E-state index contributed by atoms with van der Waals surface area (Å²) in [5.41, 5.74) is 0.668. The van der Waals surface area contributed by atoms with Gasteiger partial charge in [0.1, 0.15) is 5.60 Å². The Labute approximate surface area is 132 Å². The van der Waals surface area contributed by atoms with Crippen molar-refractivity contribution in [3.8, 4) is 0 Å². The minimum Gasteiger partial charge on any atom is -0.444 e. The second-order valence-corrected chi connectivity index (χ2v) is 7.06. The summed E-state index contributed by atoms with van der Waals surface area (Å²) in [4.78, 5) is 13.9. The zero-order valence-corrected chi connectivity index (χ0v) is 14.1. The van der Waals surface area contributed by atoms with Crippen molar-refractivity contribution in [1.29, 1.82) is 0 Å². The SMILES string of the molecule is CN(C(=O)OC(C)(C)C)C1CCC(NCc2ccn[nH]2)CC1. The van der Waals surface area contributed by atoms with Crippen LogP contribution in [0.2, 0.25) is 0 Å². The molecule has 1 aliphatic carbocycles. The Morgan fingerprint density at radius 3 is 2.64 bits per heavy atom. The maximum absolute atomic E-state index is 12.1. The Bertz CT molecular complexity index is 459. The molecule has 0 radical (unpaired) electrons. The number of rotatable bonds is 4. The van der Waals surface area contributed by atoms with E-state index in [1.165, 1.54) is 0 Å². The molecule has 1 saturated carbocycles. The third-order valence-corrected chi connectivity index (χ3v) is 4.07. The summed E-state index contributed by atoms with van der Waals surface area (Å²) in [7, 11) is 1.84. The molecular weight excluding hydrogens is 280 g/mol. The van der Waals surface area contributed by atoms with Crippen LogP contribution in [0, 0.1) is 0 Å². The second-order valence-electron chi connectivity index (χ2n) is 7.06. The maximum atomic E-state index is 12.1. The van der Waals surface area contributed by atoms with Crippen LogP contribution in [-0.2, 0) is 11.3 Å². The highest BCUT2D eigenvalue weighted by molar-refractivity contribution is 5.68. The molecule has 6 nitrogen and oxygen atoms in total. The lowest BCUT2D eigenvalue weighted by molar-refractivity contribution is 0.0179. The molecule has 1 fully saturated rings. The number of aromatic nitrogens is 2. The van der Waals surface area contributed by atoms with E-state index < -0.39 is 5.60 Å². The molecule has 0 bridgehead atoms. The first kappa shape index (κ1) is 16.8. The first-order valence-corrected chi connectivity index (χ1v) is 8.02. The summed E-state index contributed by atoms with van der Waals surface area (Å²) >= 11 is 0. The number of carbonyl (C=O) groups excluding carboxylic acids is 1. The predicted molar refractivity (Wildman–Crippen MR) is 85.5 cm³/mol. The summed E-state index contributed by atoms with van der Waals surface area (Å²) < 4.78 is 5.44. The quantitative estimate of drug-likeness (QED) is 0.897. The van der Waals surface area contributed by atoms with Crippen LogP contribution in [0.15, 0.2) is 12.3 Å². The molecule has 6 heteroatoms. The second kappa shape index (κ2) is 7.13. The van der Waals surface area contributed by atoms with E-state index in [9.17, 15) is 4.79 Å². The molecule has 1 aromatic heterocycles. The number of hydrogen-bond donors (Lipinski definition) is 2. The number of hydrogen-bond acceptors (Lipinski definition) is 4. The van der Waals surface area contributed by atoms with Gasteiger partial charge in [0.05, 0.1) is 0 Å². The van der Waals surface area contributed by atoms with Crippen LogP contribution in [-0.4, -0.2) is 45.9 Å². The van der Waals surface area contributed by atoms with Crippen LogP contribution in [0.1, 0.15) is 52.1 Å². The van der Waals surface area contributed by atoms with Crippen molar-refractivity contribution in [3.05, 3.63) is 18.0 Å². The molecule has 124 valence electrons. The van der Waals surface area contributed by atoms with E-state index in [4.69, 9.17) is 4.74 Å². The maximum Gasteiger partial charge on any atom is 0.410 e. The van der Waals surface area contributed by atoms with E-state index in [0.717, 1.165) is 37.9 Å². The molecule has 2 rings (SSSR count). The highest BCUT2D eigenvalue weighted by Crippen LogP contribution is 2.24. The van der Waals surface area contributed by atoms with Gasteiger partial charge in [-0.2, -0.15) is 5.10 Å². The van der Waals surface area contributed by atoms with Crippen LogP contribution in [0.4, 0.5) is 4.79 Å². The van der Waals surface area contributed by atoms with E-state index in [0.29, 0.717) is 6.04 Å². The molecule has 1 heterocycles. The van der Waals surface area contributed by atoms with E-state index in [1.807, 2.05) is 33.9 Å². The fraction of sp³-hybridized carbons (Fsp3) is 0.750. The average Bonchev–Trinajstić information content (AvgIpc) is 2.96. The largest absolute Gasteiger partial charge is 0.444 e. The fourth-order valence-corrected chi connectivity index (χ4v) is 2.79. The number of nitrogens with zero attached hydrogens (tertiary/aromatic N) is 2. The Morgan fingerprint density at radius 1 is 1.41 bits per heavy atom. The normalized spacial score (nSPS) is 22.4. The van der Waals surface area contributed by atoms with Crippen molar-refractivity contribution < 1.29 is 9.53 Å². The van der Waals surface area contributed by atoms with Crippen molar-refractivity contribution in [1.82, 2.24) is 20.4 Å². The summed E-state index contributed by atoms with van der Waals surface area (Å²) in [6.07, 6.45) is 5.72. The first-order valence-electron chi connectivity index (χ1n) is 8.02. The van der Waals surface area contributed by atoms with Crippen molar-refractivity contribution in [2.24, 2.45) is 0 Å². The van der Waals surface area contributed by atoms with Crippen LogP contribution in [0.3, 0.4) is 0 Å². The van der Waals surface area contributed by atoms with Crippen LogP contribution in [0.5, 0.6) is 0 Å². The van der Waals surface area contributed by atoms with Gasteiger partial charge < -0.3 is 15.0 Å². The average molecular weight is 308 g/mol. The zero-order valence-electron chi connectivity index (χ0n) is 14.1. The summed E-state index contributed by atoms with van der Waals surface area (Å²) in [6, 6.07) is 2.76. The Kier molecular flexibility index (Phi) is 5.45. The van der Waals surface area contributed by atoms with Gasteiger partial charge in [-0.3, -0.25) is 5.10 Å². The van der Waals surface area contributed by atoms with Gasteiger partial charge in [-0.25, -0.2) is 4.79 Å². The molecule has 22 heavy (non-hydrogen) atoms. The van der Waals surface area contributed by atoms with Gasteiger partial charge in [0.2, 0.25) is 0 Å². The summed E-state index contributed by atoms with van der Waals surface area (Å²) in [5, 5.41) is 10.5. The smallest absolute Gasteiger partial charge is 0.410 e.